The monoisotopic (exact) mass is 291 g/mol. The number of hydrogen-bond acceptors (Lipinski definition) is 6. The zero-order chi connectivity index (χ0) is 14.8. The van der Waals surface area contributed by atoms with Gasteiger partial charge in [-0.05, 0) is 18.2 Å². The molecule has 7 heteroatoms. The van der Waals surface area contributed by atoms with Crippen LogP contribution in [0.2, 0.25) is 0 Å². The second kappa shape index (κ2) is 5.28. The van der Waals surface area contributed by atoms with Crippen LogP contribution in [0.15, 0.2) is 30.3 Å². The Hall–Kier alpha value is -2.83. The third kappa shape index (κ3) is 2.58. The van der Waals surface area contributed by atoms with E-state index in [0.717, 1.165) is 0 Å². The van der Waals surface area contributed by atoms with E-state index >= 15 is 0 Å². The molecule has 6 nitrogen and oxygen atoms in total. The lowest BCUT2D eigenvalue weighted by atomic mass is 10.3. The summed E-state index contributed by atoms with van der Waals surface area (Å²) in [5, 5.41) is 0. The molecular formula is C14H10FNO5. The molecular weight excluding hydrogens is 281 g/mol. The Morgan fingerprint density at radius 2 is 2.05 bits per heavy atom. The number of benzene rings is 1. The van der Waals surface area contributed by atoms with Crippen LogP contribution in [0.4, 0.5) is 4.39 Å². The van der Waals surface area contributed by atoms with Crippen LogP contribution < -0.4 is 14.2 Å². The van der Waals surface area contributed by atoms with Crippen molar-refractivity contribution in [3.8, 4) is 23.1 Å². The summed E-state index contributed by atoms with van der Waals surface area (Å²) in [5.41, 5.74) is -0.254. The Kier molecular flexibility index (Phi) is 3.31. The van der Waals surface area contributed by atoms with Gasteiger partial charge in [0.1, 0.15) is 11.3 Å². The van der Waals surface area contributed by atoms with Crippen LogP contribution in [0.3, 0.4) is 0 Å². The number of ether oxygens (including phenoxy) is 4. The van der Waals surface area contributed by atoms with Crippen molar-refractivity contribution in [1.82, 2.24) is 4.98 Å². The molecule has 0 radical (unpaired) electrons. The standard InChI is InChI=1S/C14H10FNO5/c1-18-14(17)9-3-5-12(16-13(9)15)21-8-2-4-10-11(6-8)20-7-19-10/h2-6H,7H2,1H3. The molecule has 0 N–H and O–H groups in total. The van der Waals surface area contributed by atoms with Crippen LogP contribution in [0, 0.1) is 5.95 Å². The summed E-state index contributed by atoms with van der Waals surface area (Å²) in [7, 11) is 1.17. The van der Waals surface area contributed by atoms with Crippen molar-refractivity contribution in [1.29, 1.82) is 0 Å². The van der Waals surface area contributed by atoms with Crippen molar-refractivity contribution >= 4 is 5.97 Å². The number of aromatic nitrogens is 1. The molecule has 2 aromatic rings. The minimum absolute atomic E-state index is 0.0130. The number of pyridine rings is 1. The van der Waals surface area contributed by atoms with Gasteiger partial charge >= 0.3 is 5.97 Å². The number of carbonyl (C=O) groups excluding carboxylic acids is 1. The van der Waals surface area contributed by atoms with Gasteiger partial charge in [0, 0.05) is 12.1 Å². The average molecular weight is 291 g/mol. The molecule has 0 atom stereocenters. The number of methoxy groups -OCH3 is 1. The van der Waals surface area contributed by atoms with Gasteiger partial charge in [-0.2, -0.15) is 9.37 Å². The molecule has 0 spiro atoms. The second-order valence-electron chi connectivity index (χ2n) is 4.10. The van der Waals surface area contributed by atoms with E-state index in [1.165, 1.54) is 19.2 Å². The first-order valence-corrected chi connectivity index (χ1v) is 6.00. The number of nitrogens with zero attached hydrogens (tertiary/aromatic N) is 1. The van der Waals surface area contributed by atoms with Gasteiger partial charge in [-0.3, -0.25) is 0 Å². The normalized spacial score (nSPS) is 12.1. The van der Waals surface area contributed by atoms with Crippen molar-refractivity contribution in [2.75, 3.05) is 13.9 Å². The molecule has 1 aromatic carbocycles. The van der Waals surface area contributed by atoms with E-state index in [0.29, 0.717) is 17.2 Å². The fraction of sp³-hybridized carbons (Fsp3) is 0.143. The molecule has 0 unspecified atom stereocenters. The lowest BCUT2D eigenvalue weighted by Crippen LogP contribution is -2.06. The maximum Gasteiger partial charge on any atom is 0.342 e. The lowest BCUT2D eigenvalue weighted by molar-refractivity contribution is 0.0594. The number of rotatable bonds is 3. The van der Waals surface area contributed by atoms with Gasteiger partial charge in [-0.1, -0.05) is 0 Å². The van der Waals surface area contributed by atoms with Gasteiger partial charge in [0.25, 0.3) is 0 Å². The molecule has 1 aliphatic heterocycles. The molecule has 108 valence electrons. The fourth-order valence-corrected chi connectivity index (χ4v) is 1.80. The van der Waals surface area contributed by atoms with Gasteiger partial charge in [-0.25, -0.2) is 4.79 Å². The molecule has 3 rings (SSSR count). The van der Waals surface area contributed by atoms with Crippen LogP contribution >= 0.6 is 0 Å². The number of fused-ring (bicyclic) bond motifs is 1. The van der Waals surface area contributed by atoms with E-state index < -0.39 is 11.9 Å². The molecule has 0 saturated carbocycles. The van der Waals surface area contributed by atoms with Gasteiger partial charge in [-0.15, -0.1) is 0 Å². The van der Waals surface area contributed by atoms with E-state index in [2.05, 4.69) is 9.72 Å². The maximum absolute atomic E-state index is 13.7. The van der Waals surface area contributed by atoms with Gasteiger partial charge in [0.15, 0.2) is 11.5 Å². The van der Waals surface area contributed by atoms with E-state index in [4.69, 9.17) is 14.2 Å². The highest BCUT2D eigenvalue weighted by Crippen LogP contribution is 2.36. The largest absolute Gasteiger partial charge is 0.465 e. The summed E-state index contributed by atoms with van der Waals surface area (Å²) in [6.45, 7) is 0.152. The first-order chi connectivity index (χ1) is 10.2. The minimum Gasteiger partial charge on any atom is -0.465 e. The summed E-state index contributed by atoms with van der Waals surface area (Å²) < 4.78 is 33.9. The molecule has 1 aliphatic rings. The first kappa shape index (κ1) is 13.2. The molecule has 0 aliphatic carbocycles. The molecule has 0 bridgehead atoms. The van der Waals surface area contributed by atoms with E-state index in [1.54, 1.807) is 18.2 Å². The average Bonchev–Trinajstić information content (AvgIpc) is 2.94. The van der Waals surface area contributed by atoms with Crippen LogP contribution in [-0.2, 0) is 4.74 Å². The van der Waals surface area contributed by atoms with Crippen molar-refractivity contribution in [3.63, 3.8) is 0 Å². The minimum atomic E-state index is -0.958. The van der Waals surface area contributed by atoms with Crippen LogP contribution in [0.25, 0.3) is 0 Å². The molecule has 21 heavy (non-hydrogen) atoms. The molecule has 2 heterocycles. The maximum atomic E-state index is 13.7. The number of halogens is 1. The third-order valence-electron chi connectivity index (χ3n) is 2.79. The number of hydrogen-bond donors (Lipinski definition) is 0. The number of carbonyl (C=O) groups is 1. The zero-order valence-electron chi connectivity index (χ0n) is 11.0. The SMILES string of the molecule is COC(=O)c1ccc(Oc2ccc3c(c2)OCO3)nc1F. The van der Waals surface area contributed by atoms with E-state index in [1.807, 2.05) is 0 Å². The van der Waals surface area contributed by atoms with Crippen LogP contribution in [0.5, 0.6) is 23.1 Å². The fourth-order valence-electron chi connectivity index (χ4n) is 1.80. The summed E-state index contributed by atoms with van der Waals surface area (Å²) >= 11 is 0. The highest BCUT2D eigenvalue weighted by Gasteiger charge is 2.16. The van der Waals surface area contributed by atoms with Crippen molar-refractivity contribution in [2.45, 2.75) is 0 Å². The Morgan fingerprint density at radius 1 is 1.24 bits per heavy atom. The quantitative estimate of drug-likeness (QED) is 0.639. The zero-order valence-corrected chi connectivity index (χ0v) is 11.0. The molecule has 0 amide bonds. The second-order valence-corrected chi connectivity index (χ2v) is 4.10. The number of esters is 1. The molecule has 1 aromatic heterocycles. The van der Waals surface area contributed by atoms with Crippen molar-refractivity contribution in [2.24, 2.45) is 0 Å². The van der Waals surface area contributed by atoms with Crippen LogP contribution in [-0.4, -0.2) is 24.9 Å². The smallest absolute Gasteiger partial charge is 0.342 e. The predicted octanol–water partition coefficient (Wildman–Crippen LogP) is 2.53. The molecule has 0 saturated heterocycles. The van der Waals surface area contributed by atoms with Gasteiger partial charge in [0.2, 0.25) is 18.6 Å². The van der Waals surface area contributed by atoms with Crippen LogP contribution in [0.1, 0.15) is 10.4 Å². The Bertz CT molecular complexity index is 704. The van der Waals surface area contributed by atoms with Gasteiger partial charge < -0.3 is 18.9 Å². The van der Waals surface area contributed by atoms with Gasteiger partial charge in [0.05, 0.1) is 7.11 Å². The van der Waals surface area contributed by atoms with Crippen molar-refractivity contribution < 1.29 is 28.1 Å². The summed E-state index contributed by atoms with van der Waals surface area (Å²) in [4.78, 5) is 14.8. The Labute approximate surface area is 119 Å². The topological polar surface area (TPSA) is 66.9 Å². The third-order valence-corrected chi connectivity index (χ3v) is 2.79. The lowest BCUT2D eigenvalue weighted by Gasteiger charge is -2.07. The van der Waals surface area contributed by atoms with E-state index in [9.17, 15) is 9.18 Å². The summed E-state index contributed by atoms with van der Waals surface area (Å²) in [6.07, 6.45) is 0. The highest BCUT2D eigenvalue weighted by molar-refractivity contribution is 5.89. The first-order valence-electron chi connectivity index (χ1n) is 6.00. The summed E-state index contributed by atoms with van der Waals surface area (Å²) in [6, 6.07) is 7.55. The Balaban J connectivity index is 1.82. The summed E-state index contributed by atoms with van der Waals surface area (Å²) in [5.74, 6) is -0.174. The van der Waals surface area contributed by atoms with Crippen molar-refractivity contribution in [3.05, 3.63) is 41.8 Å². The van der Waals surface area contributed by atoms with E-state index in [-0.39, 0.29) is 18.2 Å². The predicted molar refractivity (Wildman–Crippen MR) is 68.2 cm³/mol. The Morgan fingerprint density at radius 3 is 2.81 bits per heavy atom. The molecule has 0 fully saturated rings. The highest BCUT2D eigenvalue weighted by atomic mass is 19.1.